The first-order chi connectivity index (χ1) is 9.04. The molecule has 1 heterocycles. The van der Waals surface area contributed by atoms with Gasteiger partial charge in [-0.2, -0.15) is 0 Å². The molecule has 0 bridgehead atoms. The highest BCUT2D eigenvalue weighted by Crippen LogP contribution is 2.29. The molecular formula is C15H21F2NO. The Labute approximate surface area is 113 Å². The minimum Gasteiger partial charge on any atom is -0.387 e. The minimum absolute atomic E-state index is 0.0500. The van der Waals surface area contributed by atoms with Gasteiger partial charge in [0, 0.05) is 24.2 Å². The SMILES string of the molecule is CCC1CCC(C)N1CC(O)c1cccc(F)c1F. The van der Waals surface area contributed by atoms with Gasteiger partial charge in [-0.05, 0) is 32.3 Å². The van der Waals surface area contributed by atoms with Crippen LogP contribution in [0.4, 0.5) is 8.78 Å². The lowest BCUT2D eigenvalue weighted by atomic mass is 10.1. The maximum Gasteiger partial charge on any atom is 0.164 e. The highest BCUT2D eigenvalue weighted by atomic mass is 19.2. The standard InChI is InChI=1S/C15H21F2NO/c1-3-11-8-7-10(2)18(11)9-14(19)12-5-4-6-13(16)15(12)17/h4-6,10-11,14,19H,3,7-9H2,1-2H3. The second-order valence-electron chi connectivity index (χ2n) is 5.34. The summed E-state index contributed by atoms with van der Waals surface area (Å²) in [7, 11) is 0. The second kappa shape index (κ2) is 5.97. The Morgan fingerprint density at radius 2 is 2.11 bits per heavy atom. The zero-order valence-electron chi connectivity index (χ0n) is 11.4. The molecule has 4 heteroatoms. The first-order valence-electron chi connectivity index (χ1n) is 6.92. The lowest BCUT2D eigenvalue weighted by Gasteiger charge is -2.30. The molecule has 0 aromatic heterocycles. The average Bonchev–Trinajstić information content (AvgIpc) is 2.74. The Morgan fingerprint density at radius 1 is 1.37 bits per heavy atom. The van der Waals surface area contributed by atoms with E-state index in [1.165, 1.54) is 12.1 Å². The first kappa shape index (κ1) is 14.4. The number of β-amino-alcohol motifs (C(OH)–C–C–N with tert-alkyl or cyclic N) is 1. The van der Waals surface area contributed by atoms with Crippen molar-refractivity contribution in [2.75, 3.05) is 6.54 Å². The van der Waals surface area contributed by atoms with Crippen molar-refractivity contribution < 1.29 is 13.9 Å². The van der Waals surface area contributed by atoms with Crippen molar-refractivity contribution in [2.24, 2.45) is 0 Å². The van der Waals surface area contributed by atoms with Crippen LogP contribution in [0.2, 0.25) is 0 Å². The van der Waals surface area contributed by atoms with Gasteiger partial charge in [0.05, 0.1) is 6.10 Å². The van der Waals surface area contributed by atoms with E-state index < -0.39 is 17.7 Å². The van der Waals surface area contributed by atoms with Gasteiger partial charge < -0.3 is 5.11 Å². The highest BCUT2D eigenvalue weighted by Gasteiger charge is 2.31. The molecule has 19 heavy (non-hydrogen) atoms. The van der Waals surface area contributed by atoms with Crippen molar-refractivity contribution in [2.45, 2.75) is 51.3 Å². The largest absolute Gasteiger partial charge is 0.387 e. The van der Waals surface area contributed by atoms with Gasteiger partial charge in [0.25, 0.3) is 0 Å². The summed E-state index contributed by atoms with van der Waals surface area (Å²) in [5, 5.41) is 10.2. The molecule has 3 atom stereocenters. The Bertz CT molecular complexity index is 438. The van der Waals surface area contributed by atoms with Gasteiger partial charge >= 0.3 is 0 Å². The monoisotopic (exact) mass is 269 g/mol. The van der Waals surface area contributed by atoms with Crippen molar-refractivity contribution in [3.63, 3.8) is 0 Å². The molecular weight excluding hydrogens is 248 g/mol. The van der Waals surface area contributed by atoms with Gasteiger partial charge in [0.15, 0.2) is 11.6 Å². The topological polar surface area (TPSA) is 23.5 Å². The molecule has 3 unspecified atom stereocenters. The summed E-state index contributed by atoms with van der Waals surface area (Å²) in [5.41, 5.74) is 0.0500. The van der Waals surface area contributed by atoms with Gasteiger partial charge in [0.2, 0.25) is 0 Å². The predicted molar refractivity (Wildman–Crippen MR) is 70.8 cm³/mol. The molecule has 0 amide bonds. The number of likely N-dealkylation sites (tertiary alicyclic amines) is 1. The summed E-state index contributed by atoms with van der Waals surface area (Å²) >= 11 is 0. The molecule has 1 saturated heterocycles. The normalized spacial score (nSPS) is 25.7. The molecule has 2 nitrogen and oxygen atoms in total. The van der Waals surface area contributed by atoms with E-state index in [4.69, 9.17) is 0 Å². The van der Waals surface area contributed by atoms with Crippen LogP contribution in [0.1, 0.15) is 44.8 Å². The van der Waals surface area contributed by atoms with E-state index in [1.54, 1.807) is 0 Å². The minimum atomic E-state index is -0.981. The molecule has 1 N–H and O–H groups in total. The second-order valence-corrected chi connectivity index (χ2v) is 5.34. The number of nitrogens with zero attached hydrogens (tertiary/aromatic N) is 1. The Kier molecular flexibility index (Phi) is 4.53. The van der Waals surface area contributed by atoms with Crippen LogP contribution in [0.3, 0.4) is 0 Å². The summed E-state index contributed by atoms with van der Waals surface area (Å²) in [6, 6.07) is 4.77. The number of benzene rings is 1. The molecule has 1 aliphatic rings. The van der Waals surface area contributed by atoms with Crippen molar-refractivity contribution in [1.29, 1.82) is 0 Å². The van der Waals surface area contributed by atoms with Crippen LogP contribution >= 0.6 is 0 Å². The van der Waals surface area contributed by atoms with Crippen molar-refractivity contribution in [3.8, 4) is 0 Å². The zero-order valence-corrected chi connectivity index (χ0v) is 11.4. The van der Waals surface area contributed by atoms with E-state index in [2.05, 4.69) is 18.7 Å². The van der Waals surface area contributed by atoms with Gasteiger partial charge in [-0.1, -0.05) is 19.1 Å². The zero-order chi connectivity index (χ0) is 14.0. The number of hydrogen-bond donors (Lipinski definition) is 1. The molecule has 1 aliphatic heterocycles. The van der Waals surface area contributed by atoms with E-state index in [0.717, 1.165) is 25.3 Å². The van der Waals surface area contributed by atoms with Crippen molar-refractivity contribution >= 4 is 0 Å². The molecule has 106 valence electrons. The van der Waals surface area contributed by atoms with Crippen LogP contribution in [0.25, 0.3) is 0 Å². The molecule has 0 aliphatic carbocycles. The molecule has 0 saturated carbocycles. The van der Waals surface area contributed by atoms with Crippen LogP contribution in [-0.2, 0) is 0 Å². The Balaban J connectivity index is 2.12. The van der Waals surface area contributed by atoms with Gasteiger partial charge in [-0.25, -0.2) is 8.78 Å². The van der Waals surface area contributed by atoms with Crippen LogP contribution < -0.4 is 0 Å². The van der Waals surface area contributed by atoms with E-state index in [-0.39, 0.29) is 5.56 Å². The molecule has 0 spiro atoms. The van der Waals surface area contributed by atoms with Crippen LogP contribution in [0.5, 0.6) is 0 Å². The fraction of sp³-hybridized carbons (Fsp3) is 0.600. The van der Waals surface area contributed by atoms with E-state index in [1.807, 2.05) is 0 Å². The van der Waals surface area contributed by atoms with Gasteiger partial charge in [0.1, 0.15) is 0 Å². The van der Waals surface area contributed by atoms with Crippen molar-refractivity contribution in [1.82, 2.24) is 4.90 Å². The Hall–Kier alpha value is -1.00. The third-order valence-electron chi connectivity index (χ3n) is 4.15. The fourth-order valence-electron chi connectivity index (χ4n) is 2.97. The third kappa shape index (κ3) is 2.95. The van der Waals surface area contributed by atoms with Gasteiger partial charge in [-0.15, -0.1) is 0 Å². The fourth-order valence-corrected chi connectivity index (χ4v) is 2.97. The maximum atomic E-state index is 13.6. The average molecular weight is 269 g/mol. The molecule has 0 radical (unpaired) electrons. The number of aliphatic hydroxyl groups excluding tert-OH is 1. The van der Waals surface area contributed by atoms with Crippen molar-refractivity contribution in [3.05, 3.63) is 35.4 Å². The Morgan fingerprint density at radius 3 is 2.79 bits per heavy atom. The maximum absolute atomic E-state index is 13.6. The van der Waals surface area contributed by atoms with Crippen LogP contribution in [0.15, 0.2) is 18.2 Å². The smallest absolute Gasteiger partial charge is 0.164 e. The van der Waals surface area contributed by atoms with E-state index in [0.29, 0.717) is 18.6 Å². The van der Waals surface area contributed by atoms with Gasteiger partial charge in [-0.3, -0.25) is 4.90 Å². The summed E-state index contributed by atoms with van der Waals surface area (Å²) in [6.45, 7) is 4.59. The summed E-state index contributed by atoms with van der Waals surface area (Å²) < 4.78 is 26.8. The molecule has 1 fully saturated rings. The lowest BCUT2D eigenvalue weighted by molar-refractivity contribution is 0.0831. The number of rotatable bonds is 4. The first-order valence-corrected chi connectivity index (χ1v) is 6.92. The quantitative estimate of drug-likeness (QED) is 0.907. The molecule has 2 rings (SSSR count). The number of aliphatic hydroxyl groups is 1. The van der Waals surface area contributed by atoms with E-state index in [9.17, 15) is 13.9 Å². The third-order valence-corrected chi connectivity index (χ3v) is 4.15. The number of hydrogen-bond acceptors (Lipinski definition) is 2. The predicted octanol–water partition coefficient (Wildman–Crippen LogP) is 3.26. The summed E-state index contributed by atoms with van der Waals surface area (Å²) in [5.74, 6) is -1.84. The number of halogens is 2. The summed E-state index contributed by atoms with van der Waals surface area (Å²) in [6.07, 6.45) is 2.24. The lowest BCUT2D eigenvalue weighted by Crippen LogP contribution is -2.37. The molecule has 1 aromatic rings. The molecule has 1 aromatic carbocycles. The highest BCUT2D eigenvalue weighted by molar-refractivity contribution is 5.21. The van der Waals surface area contributed by atoms with E-state index >= 15 is 0 Å². The van der Waals surface area contributed by atoms with Crippen LogP contribution in [-0.4, -0.2) is 28.6 Å². The van der Waals surface area contributed by atoms with Crippen LogP contribution in [0, 0.1) is 11.6 Å². The summed E-state index contributed by atoms with van der Waals surface area (Å²) in [4.78, 5) is 2.20.